The van der Waals surface area contributed by atoms with E-state index in [2.05, 4.69) is 43.6 Å². The molecule has 3 nitrogen and oxygen atoms in total. The maximum Gasteiger partial charge on any atom is 0.123 e. The third-order valence-electron chi connectivity index (χ3n) is 2.64. The van der Waals surface area contributed by atoms with Crippen molar-refractivity contribution < 1.29 is 5.11 Å². The maximum atomic E-state index is 10.5. The van der Waals surface area contributed by atoms with Crippen LogP contribution >= 0.6 is 50.1 Å². The molecular formula is C12H11BrClIN2O. The number of hydrogen-bond donors (Lipinski definition) is 1. The summed E-state index contributed by atoms with van der Waals surface area (Å²) in [4.78, 5) is 0. The zero-order valence-corrected chi connectivity index (χ0v) is 14.1. The smallest absolute Gasteiger partial charge is 0.123 e. The van der Waals surface area contributed by atoms with Crippen LogP contribution in [-0.4, -0.2) is 14.9 Å². The molecule has 0 spiro atoms. The minimum absolute atomic E-state index is 0.486. The van der Waals surface area contributed by atoms with E-state index in [1.807, 2.05) is 25.1 Å². The van der Waals surface area contributed by atoms with E-state index in [1.165, 1.54) is 0 Å². The minimum Gasteiger partial charge on any atom is -0.382 e. The Bertz CT molecular complexity index is 573. The van der Waals surface area contributed by atoms with Crippen LogP contribution in [0, 0.1) is 3.57 Å². The van der Waals surface area contributed by atoms with Crippen LogP contribution in [0.5, 0.6) is 0 Å². The number of aromatic nitrogens is 2. The van der Waals surface area contributed by atoms with Crippen LogP contribution in [0.25, 0.3) is 0 Å². The predicted molar refractivity (Wildman–Crippen MR) is 83.8 cm³/mol. The molecule has 6 heteroatoms. The van der Waals surface area contributed by atoms with Crippen LogP contribution in [0.1, 0.15) is 24.3 Å². The van der Waals surface area contributed by atoms with E-state index in [0.29, 0.717) is 17.3 Å². The minimum atomic E-state index is -0.774. The van der Waals surface area contributed by atoms with E-state index < -0.39 is 6.10 Å². The average Bonchev–Trinajstić information content (AvgIpc) is 2.72. The molecule has 0 aliphatic carbocycles. The van der Waals surface area contributed by atoms with Gasteiger partial charge in [0.25, 0.3) is 0 Å². The summed E-state index contributed by atoms with van der Waals surface area (Å²) >= 11 is 11.7. The molecule has 0 aliphatic heterocycles. The number of benzene rings is 1. The molecule has 96 valence electrons. The van der Waals surface area contributed by atoms with E-state index in [1.54, 1.807) is 10.9 Å². The molecule has 1 N–H and O–H groups in total. The van der Waals surface area contributed by atoms with Gasteiger partial charge in [-0.2, -0.15) is 5.10 Å². The lowest BCUT2D eigenvalue weighted by Crippen LogP contribution is -2.10. The van der Waals surface area contributed by atoms with Crippen LogP contribution in [0.15, 0.2) is 28.9 Å². The van der Waals surface area contributed by atoms with E-state index in [0.717, 1.165) is 13.6 Å². The molecule has 18 heavy (non-hydrogen) atoms. The number of aliphatic hydroxyl groups is 1. The molecule has 0 amide bonds. The molecule has 0 radical (unpaired) electrons. The van der Waals surface area contributed by atoms with Gasteiger partial charge in [-0.05, 0) is 47.7 Å². The molecule has 2 rings (SSSR count). The summed E-state index contributed by atoms with van der Waals surface area (Å²) in [5, 5.41) is 15.1. The van der Waals surface area contributed by atoms with Gasteiger partial charge in [0.2, 0.25) is 0 Å². The van der Waals surface area contributed by atoms with Gasteiger partial charge in [-0.15, -0.1) is 0 Å². The Kier molecular flexibility index (Phi) is 4.69. The Labute approximate surface area is 132 Å². The molecule has 2 aromatic rings. The normalized spacial score (nSPS) is 12.7. The van der Waals surface area contributed by atoms with Gasteiger partial charge in [-0.3, -0.25) is 4.68 Å². The number of aliphatic hydroxyl groups excluding tert-OH is 1. The van der Waals surface area contributed by atoms with E-state index in [4.69, 9.17) is 11.6 Å². The Balaban J connectivity index is 2.50. The molecular weight excluding hydrogens is 430 g/mol. The van der Waals surface area contributed by atoms with Gasteiger partial charge >= 0.3 is 0 Å². The molecule has 0 saturated carbocycles. The highest BCUT2D eigenvalue weighted by molar-refractivity contribution is 14.1. The highest BCUT2D eigenvalue weighted by Gasteiger charge is 2.21. The first kappa shape index (κ1) is 14.3. The largest absolute Gasteiger partial charge is 0.382 e. The zero-order chi connectivity index (χ0) is 13.3. The quantitative estimate of drug-likeness (QED) is 0.732. The van der Waals surface area contributed by atoms with Gasteiger partial charge in [0, 0.05) is 20.2 Å². The second-order valence-electron chi connectivity index (χ2n) is 3.76. The summed E-state index contributed by atoms with van der Waals surface area (Å²) in [6, 6.07) is 5.79. The van der Waals surface area contributed by atoms with Crippen LogP contribution < -0.4 is 0 Å². The molecule has 0 aliphatic rings. The van der Waals surface area contributed by atoms with Gasteiger partial charge in [0.15, 0.2) is 0 Å². The molecule has 0 bridgehead atoms. The lowest BCUT2D eigenvalue weighted by molar-refractivity contribution is 0.207. The Morgan fingerprint density at radius 3 is 2.94 bits per heavy atom. The van der Waals surface area contributed by atoms with Crippen LogP contribution in [-0.2, 0) is 6.54 Å². The maximum absolute atomic E-state index is 10.5. The molecule has 1 atom stereocenters. The fraction of sp³-hybridized carbons (Fsp3) is 0.250. The molecule has 0 fully saturated rings. The van der Waals surface area contributed by atoms with E-state index in [-0.39, 0.29) is 0 Å². The van der Waals surface area contributed by atoms with Gasteiger partial charge in [0.1, 0.15) is 6.10 Å². The Morgan fingerprint density at radius 2 is 2.28 bits per heavy atom. The van der Waals surface area contributed by atoms with Gasteiger partial charge in [-0.25, -0.2) is 0 Å². The summed E-state index contributed by atoms with van der Waals surface area (Å²) < 4.78 is 3.63. The van der Waals surface area contributed by atoms with E-state index >= 15 is 0 Å². The first-order valence-corrected chi connectivity index (χ1v) is 7.63. The van der Waals surface area contributed by atoms with Crippen LogP contribution in [0.4, 0.5) is 0 Å². The van der Waals surface area contributed by atoms with Crippen molar-refractivity contribution in [3.05, 3.63) is 48.7 Å². The highest BCUT2D eigenvalue weighted by Crippen LogP contribution is 2.32. The van der Waals surface area contributed by atoms with Crippen molar-refractivity contribution in [3.63, 3.8) is 0 Å². The summed E-state index contributed by atoms with van der Waals surface area (Å²) in [5.74, 6) is 0. The van der Waals surface area contributed by atoms with Crippen molar-refractivity contribution in [1.29, 1.82) is 0 Å². The van der Waals surface area contributed by atoms with Crippen molar-refractivity contribution in [1.82, 2.24) is 9.78 Å². The van der Waals surface area contributed by atoms with Crippen molar-refractivity contribution >= 4 is 50.1 Å². The van der Waals surface area contributed by atoms with Crippen molar-refractivity contribution in [2.45, 2.75) is 19.6 Å². The molecule has 1 heterocycles. The molecule has 1 aromatic carbocycles. The SMILES string of the molecule is CCn1ncc(Cl)c1C(O)c1cc(Br)ccc1I. The summed E-state index contributed by atoms with van der Waals surface area (Å²) in [7, 11) is 0. The fourth-order valence-corrected chi connectivity index (χ4v) is 3.02. The Morgan fingerprint density at radius 1 is 1.56 bits per heavy atom. The summed E-state index contributed by atoms with van der Waals surface area (Å²) in [6.07, 6.45) is 0.790. The topological polar surface area (TPSA) is 38.0 Å². The number of aryl methyl sites for hydroxylation is 1. The fourth-order valence-electron chi connectivity index (χ4n) is 1.77. The van der Waals surface area contributed by atoms with Crippen LogP contribution in [0.2, 0.25) is 5.02 Å². The highest BCUT2D eigenvalue weighted by atomic mass is 127. The van der Waals surface area contributed by atoms with Crippen molar-refractivity contribution in [3.8, 4) is 0 Å². The lowest BCUT2D eigenvalue weighted by Gasteiger charge is -2.15. The van der Waals surface area contributed by atoms with Crippen molar-refractivity contribution in [2.24, 2.45) is 0 Å². The summed E-state index contributed by atoms with van der Waals surface area (Å²) in [5.41, 5.74) is 1.46. The predicted octanol–water partition coefficient (Wildman–Crippen LogP) is 4.01. The zero-order valence-electron chi connectivity index (χ0n) is 9.57. The number of hydrogen-bond acceptors (Lipinski definition) is 2. The van der Waals surface area contributed by atoms with Crippen molar-refractivity contribution in [2.75, 3.05) is 0 Å². The molecule has 1 aromatic heterocycles. The monoisotopic (exact) mass is 440 g/mol. The summed E-state index contributed by atoms with van der Waals surface area (Å²) in [6.45, 7) is 2.63. The third kappa shape index (κ3) is 2.74. The second-order valence-corrected chi connectivity index (χ2v) is 6.25. The van der Waals surface area contributed by atoms with Gasteiger partial charge in [0.05, 0.1) is 16.9 Å². The Hall–Kier alpha value is -0.110. The molecule has 0 saturated heterocycles. The van der Waals surface area contributed by atoms with E-state index in [9.17, 15) is 5.11 Å². The third-order valence-corrected chi connectivity index (χ3v) is 4.41. The van der Waals surface area contributed by atoms with Gasteiger partial charge < -0.3 is 5.11 Å². The van der Waals surface area contributed by atoms with Gasteiger partial charge in [-0.1, -0.05) is 27.5 Å². The number of halogens is 3. The van der Waals surface area contributed by atoms with Crippen LogP contribution in [0.3, 0.4) is 0 Å². The second kappa shape index (κ2) is 5.90. The number of nitrogens with zero attached hydrogens (tertiary/aromatic N) is 2. The first-order valence-electron chi connectivity index (χ1n) is 5.38. The lowest BCUT2D eigenvalue weighted by atomic mass is 10.1. The number of rotatable bonds is 3. The molecule has 1 unspecified atom stereocenters. The standard InChI is InChI=1S/C12H11BrClIN2O/c1-2-17-11(9(14)6-16-17)12(18)8-5-7(13)3-4-10(8)15/h3-6,12,18H,2H2,1H3. The average molecular weight is 441 g/mol. The first-order chi connectivity index (χ1) is 8.54.